The Labute approximate surface area is 202 Å². The molecule has 2 fully saturated rings. The van der Waals surface area contributed by atoms with Crippen LogP contribution in [-0.4, -0.2) is 60.5 Å². The molecule has 2 aliphatic rings. The van der Waals surface area contributed by atoms with E-state index in [9.17, 15) is 9.59 Å². The Kier molecular flexibility index (Phi) is 6.08. The van der Waals surface area contributed by atoms with Crippen LogP contribution in [0.15, 0.2) is 36.4 Å². The average molecular weight is 483 g/mol. The van der Waals surface area contributed by atoms with Crippen molar-refractivity contribution >= 4 is 40.1 Å². The lowest BCUT2D eigenvalue weighted by Crippen LogP contribution is -2.43. The average Bonchev–Trinajstić information content (AvgIpc) is 3.47. The second-order valence-corrected chi connectivity index (χ2v) is 9.23. The largest absolute Gasteiger partial charge is 0.495 e. The molecule has 1 N–H and O–H groups in total. The molecule has 5 rings (SSSR count). The van der Waals surface area contributed by atoms with E-state index in [0.717, 1.165) is 29.7 Å². The van der Waals surface area contributed by atoms with Crippen LogP contribution < -0.4 is 14.4 Å². The third-order valence-corrected chi connectivity index (χ3v) is 7.04. The molecule has 1 aromatic heterocycles. The number of aromatic nitrogens is 2. The van der Waals surface area contributed by atoms with Crippen LogP contribution in [-0.2, 0) is 9.59 Å². The predicted molar refractivity (Wildman–Crippen MR) is 130 cm³/mol. The Morgan fingerprint density at radius 3 is 2.71 bits per heavy atom. The zero-order valence-corrected chi connectivity index (χ0v) is 20.0. The summed E-state index contributed by atoms with van der Waals surface area (Å²) in [4.78, 5) is 38.0. The number of hydrogen-bond donors (Lipinski definition) is 1. The summed E-state index contributed by atoms with van der Waals surface area (Å²) in [6, 6.07) is 11.3. The molecular formula is C25H27ClN4O4. The van der Waals surface area contributed by atoms with E-state index in [2.05, 4.69) is 4.98 Å². The number of methoxy groups -OCH3 is 2. The minimum atomic E-state index is -0.410. The van der Waals surface area contributed by atoms with Crippen molar-refractivity contribution in [3.05, 3.63) is 47.2 Å². The zero-order valence-electron chi connectivity index (χ0n) is 19.2. The normalized spacial score (nSPS) is 20.7. The molecule has 2 atom stereocenters. The van der Waals surface area contributed by atoms with Crippen molar-refractivity contribution < 1.29 is 19.1 Å². The number of ether oxygens (including phenoxy) is 2. The van der Waals surface area contributed by atoms with Gasteiger partial charge in [0, 0.05) is 38.0 Å². The third kappa shape index (κ3) is 4.07. The van der Waals surface area contributed by atoms with Crippen molar-refractivity contribution in [2.45, 2.75) is 25.2 Å². The lowest BCUT2D eigenvalue weighted by atomic mass is 9.95. The maximum Gasteiger partial charge on any atom is 0.228 e. The molecule has 8 nitrogen and oxygen atoms in total. The van der Waals surface area contributed by atoms with Crippen molar-refractivity contribution in [2.75, 3.05) is 38.8 Å². The van der Waals surface area contributed by atoms with Gasteiger partial charge >= 0.3 is 0 Å². The Bertz CT molecular complexity index is 1210. The minimum absolute atomic E-state index is 0.00948. The highest BCUT2D eigenvalue weighted by Gasteiger charge is 2.40. The van der Waals surface area contributed by atoms with E-state index in [1.807, 2.05) is 29.2 Å². The summed E-state index contributed by atoms with van der Waals surface area (Å²) in [5, 5.41) is 0.380. The monoisotopic (exact) mass is 482 g/mol. The van der Waals surface area contributed by atoms with Gasteiger partial charge in [0.1, 0.15) is 17.3 Å². The molecule has 2 aromatic carbocycles. The number of hydrogen-bond acceptors (Lipinski definition) is 5. The van der Waals surface area contributed by atoms with Crippen LogP contribution in [0.1, 0.15) is 31.0 Å². The SMILES string of the molecule is COc1cc(OC)c(N2C[C@@H](C(=O)N3CCC[C@H](c4nc5ccccc5[nH]4)C3)CC2=O)cc1Cl. The second kappa shape index (κ2) is 9.18. The minimum Gasteiger partial charge on any atom is -0.495 e. The van der Waals surface area contributed by atoms with Gasteiger partial charge in [-0.25, -0.2) is 4.98 Å². The summed E-state index contributed by atoms with van der Waals surface area (Å²) in [6.07, 6.45) is 2.04. The molecule has 34 heavy (non-hydrogen) atoms. The van der Waals surface area contributed by atoms with Gasteiger partial charge in [-0.05, 0) is 31.0 Å². The Morgan fingerprint density at radius 2 is 1.94 bits per heavy atom. The van der Waals surface area contributed by atoms with Gasteiger partial charge in [-0.15, -0.1) is 0 Å². The van der Waals surface area contributed by atoms with Gasteiger partial charge in [-0.2, -0.15) is 0 Å². The van der Waals surface area contributed by atoms with E-state index in [4.69, 9.17) is 26.1 Å². The van der Waals surface area contributed by atoms with Crippen LogP contribution >= 0.6 is 11.6 Å². The van der Waals surface area contributed by atoms with E-state index >= 15 is 0 Å². The highest BCUT2D eigenvalue weighted by atomic mass is 35.5. The molecule has 0 aliphatic carbocycles. The molecule has 9 heteroatoms. The number of imidazole rings is 1. The van der Waals surface area contributed by atoms with Crippen molar-refractivity contribution in [2.24, 2.45) is 5.92 Å². The summed E-state index contributed by atoms with van der Waals surface area (Å²) in [7, 11) is 3.05. The van der Waals surface area contributed by atoms with Crippen LogP contribution in [0, 0.1) is 5.92 Å². The Morgan fingerprint density at radius 1 is 1.15 bits per heavy atom. The van der Waals surface area contributed by atoms with Crippen molar-refractivity contribution in [1.29, 1.82) is 0 Å². The number of likely N-dealkylation sites (tertiary alicyclic amines) is 1. The molecule has 2 saturated heterocycles. The molecule has 3 aromatic rings. The number of rotatable bonds is 5. The van der Waals surface area contributed by atoms with Crippen LogP contribution in [0.25, 0.3) is 11.0 Å². The van der Waals surface area contributed by atoms with Gasteiger partial charge in [0.05, 0.1) is 41.9 Å². The number of nitrogens with one attached hydrogen (secondary N) is 1. The molecule has 0 saturated carbocycles. The van der Waals surface area contributed by atoms with E-state index in [1.54, 1.807) is 17.0 Å². The summed E-state index contributed by atoms with van der Waals surface area (Å²) >= 11 is 6.31. The van der Waals surface area contributed by atoms with Crippen LogP contribution in [0.5, 0.6) is 11.5 Å². The van der Waals surface area contributed by atoms with Crippen molar-refractivity contribution in [3.8, 4) is 11.5 Å². The van der Waals surface area contributed by atoms with E-state index in [-0.39, 0.29) is 24.2 Å². The highest BCUT2D eigenvalue weighted by molar-refractivity contribution is 6.32. The van der Waals surface area contributed by atoms with Gasteiger partial charge in [0.15, 0.2) is 0 Å². The van der Waals surface area contributed by atoms with Gasteiger partial charge in [0.2, 0.25) is 11.8 Å². The summed E-state index contributed by atoms with van der Waals surface area (Å²) in [5.74, 6) is 1.49. The van der Waals surface area contributed by atoms with Crippen molar-refractivity contribution in [1.82, 2.24) is 14.9 Å². The lowest BCUT2D eigenvalue weighted by molar-refractivity contribution is -0.137. The fourth-order valence-electron chi connectivity index (χ4n) is 4.99. The van der Waals surface area contributed by atoms with E-state index < -0.39 is 5.92 Å². The standard InChI is InChI=1S/C25H27ClN4O4/c1-33-21-12-22(34-2)20(11-17(21)26)30-14-16(10-23(30)31)25(32)29-9-5-6-15(13-29)24-27-18-7-3-4-8-19(18)28-24/h3-4,7-8,11-12,15-16H,5-6,9-10,13-14H2,1-2H3,(H,27,28)/t15-,16-/m0/s1. The summed E-state index contributed by atoms with van der Waals surface area (Å²) in [6.45, 7) is 1.58. The van der Waals surface area contributed by atoms with Gasteiger partial charge in [-0.1, -0.05) is 23.7 Å². The fraction of sp³-hybridized carbons (Fsp3) is 0.400. The summed E-state index contributed by atoms with van der Waals surface area (Å²) in [5.41, 5.74) is 2.49. The molecular weight excluding hydrogens is 456 g/mol. The molecule has 0 bridgehead atoms. The predicted octanol–water partition coefficient (Wildman–Crippen LogP) is 3.99. The smallest absolute Gasteiger partial charge is 0.228 e. The van der Waals surface area contributed by atoms with Crippen LogP contribution in [0.3, 0.4) is 0 Å². The van der Waals surface area contributed by atoms with Crippen LogP contribution in [0.2, 0.25) is 5.02 Å². The molecule has 3 heterocycles. The Balaban J connectivity index is 1.31. The highest BCUT2D eigenvalue weighted by Crippen LogP contribution is 2.40. The number of carbonyl (C=O) groups excluding carboxylic acids is 2. The molecule has 0 unspecified atom stereocenters. The molecule has 0 radical (unpaired) electrons. The quantitative estimate of drug-likeness (QED) is 0.594. The van der Waals surface area contributed by atoms with E-state index in [0.29, 0.717) is 41.8 Å². The molecule has 2 aliphatic heterocycles. The van der Waals surface area contributed by atoms with Gasteiger partial charge in [0.25, 0.3) is 0 Å². The number of aromatic amines is 1. The molecule has 0 spiro atoms. The maximum atomic E-state index is 13.4. The van der Waals surface area contributed by atoms with E-state index in [1.165, 1.54) is 14.2 Å². The number of anilines is 1. The zero-order chi connectivity index (χ0) is 23.8. The fourth-order valence-corrected chi connectivity index (χ4v) is 5.22. The number of halogens is 1. The van der Waals surface area contributed by atoms with Gasteiger partial charge < -0.3 is 24.3 Å². The second-order valence-electron chi connectivity index (χ2n) is 8.83. The summed E-state index contributed by atoms with van der Waals surface area (Å²) < 4.78 is 10.7. The van der Waals surface area contributed by atoms with Gasteiger partial charge in [-0.3, -0.25) is 9.59 Å². The first-order valence-electron chi connectivity index (χ1n) is 11.4. The third-order valence-electron chi connectivity index (χ3n) is 6.75. The Hall–Kier alpha value is -3.26. The number of amides is 2. The topological polar surface area (TPSA) is 87.8 Å². The molecule has 2 amide bonds. The first kappa shape index (κ1) is 22.5. The number of fused-ring (bicyclic) bond motifs is 1. The number of H-pyrrole nitrogens is 1. The number of piperidine rings is 1. The van der Waals surface area contributed by atoms with Crippen molar-refractivity contribution in [3.63, 3.8) is 0 Å². The number of nitrogens with zero attached hydrogens (tertiary/aromatic N) is 3. The first-order chi connectivity index (χ1) is 16.5. The molecule has 178 valence electrons. The number of benzene rings is 2. The number of carbonyl (C=O) groups is 2. The van der Waals surface area contributed by atoms with Crippen LogP contribution in [0.4, 0.5) is 5.69 Å². The number of para-hydroxylation sites is 2. The maximum absolute atomic E-state index is 13.4. The first-order valence-corrected chi connectivity index (χ1v) is 11.8. The lowest BCUT2D eigenvalue weighted by Gasteiger charge is -2.33.